The summed E-state index contributed by atoms with van der Waals surface area (Å²) >= 11 is 12.5. The number of hydrogen-bond donors (Lipinski definition) is 1. The number of aromatic nitrogens is 1. The number of carbonyl (C=O) groups is 1. The molecule has 3 nitrogen and oxygen atoms in total. The molecule has 1 aliphatic carbocycles. The molecule has 3 rings (SSSR count). The molecule has 0 bridgehead atoms. The molecule has 1 aromatic heterocycles. The van der Waals surface area contributed by atoms with Crippen LogP contribution in [0.4, 0.5) is 0 Å². The Labute approximate surface area is 132 Å². The normalized spacial score (nSPS) is 17.8. The first-order valence-electron chi connectivity index (χ1n) is 7.08. The molecule has 1 aromatic carbocycles. The standard InChI is InChI=1S/C16H15Cl2NO2/c1-2-8-4-3-5-9-12(16(20)21)13-10(17)6-7-11(18)15(13)19-14(8)9/h6-8H,2-5H2,1H3,(H,20,21). The molecule has 0 aliphatic heterocycles. The Hall–Kier alpha value is -1.32. The first-order chi connectivity index (χ1) is 10.0. The quantitative estimate of drug-likeness (QED) is 0.839. The Morgan fingerprint density at radius 1 is 1.38 bits per heavy atom. The van der Waals surface area contributed by atoms with Crippen molar-refractivity contribution in [2.45, 2.75) is 38.5 Å². The van der Waals surface area contributed by atoms with Gasteiger partial charge in [0.15, 0.2) is 0 Å². The number of nitrogens with zero attached hydrogens (tertiary/aromatic N) is 1. The summed E-state index contributed by atoms with van der Waals surface area (Å²) in [5.74, 6) is -0.661. The van der Waals surface area contributed by atoms with Crippen LogP contribution in [0.1, 0.15) is 53.7 Å². The topological polar surface area (TPSA) is 50.2 Å². The van der Waals surface area contributed by atoms with Crippen LogP contribution in [0, 0.1) is 0 Å². The fourth-order valence-corrected chi connectivity index (χ4v) is 3.69. The van der Waals surface area contributed by atoms with E-state index in [-0.39, 0.29) is 5.56 Å². The second kappa shape index (κ2) is 5.47. The molecule has 2 aromatic rings. The summed E-state index contributed by atoms with van der Waals surface area (Å²) in [6.07, 6.45) is 3.71. The van der Waals surface area contributed by atoms with Gasteiger partial charge in [0, 0.05) is 17.0 Å². The van der Waals surface area contributed by atoms with E-state index >= 15 is 0 Å². The molecule has 0 saturated heterocycles. The zero-order chi connectivity index (χ0) is 15.1. The van der Waals surface area contributed by atoms with E-state index in [1.54, 1.807) is 12.1 Å². The lowest BCUT2D eigenvalue weighted by Gasteiger charge is -2.26. The average Bonchev–Trinajstić information content (AvgIpc) is 2.48. The maximum atomic E-state index is 11.8. The molecule has 0 radical (unpaired) electrons. The molecule has 0 amide bonds. The van der Waals surface area contributed by atoms with Crippen molar-refractivity contribution in [1.82, 2.24) is 4.98 Å². The summed E-state index contributed by atoms with van der Waals surface area (Å²) in [6, 6.07) is 3.30. The maximum Gasteiger partial charge on any atom is 0.336 e. The Morgan fingerprint density at radius 3 is 2.76 bits per heavy atom. The number of aromatic carboxylic acids is 1. The van der Waals surface area contributed by atoms with Crippen LogP contribution in [-0.2, 0) is 6.42 Å². The van der Waals surface area contributed by atoms with E-state index in [1.165, 1.54) is 0 Å². The van der Waals surface area contributed by atoms with Crippen LogP contribution in [0.25, 0.3) is 10.9 Å². The smallest absolute Gasteiger partial charge is 0.336 e. The zero-order valence-electron chi connectivity index (χ0n) is 11.6. The van der Waals surface area contributed by atoms with E-state index in [2.05, 4.69) is 6.92 Å². The lowest BCUT2D eigenvalue weighted by molar-refractivity contribution is 0.0697. The van der Waals surface area contributed by atoms with Gasteiger partial charge in [0.25, 0.3) is 0 Å². The molecule has 0 spiro atoms. The van der Waals surface area contributed by atoms with Crippen molar-refractivity contribution < 1.29 is 9.90 Å². The predicted molar refractivity (Wildman–Crippen MR) is 84.7 cm³/mol. The first kappa shape index (κ1) is 14.6. The molecule has 1 aliphatic rings. The van der Waals surface area contributed by atoms with E-state index in [4.69, 9.17) is 28.2 Å². The molecule has 0 fully saturated rings. The Balaban J connectivity index is 2.47. The van der Waals surface area contributed by atoms with Gasteiger partial charge in [-0.3, -0.25) is 4.98 Å². The summed E-state index contributed by atoms with van der Waals surface area (Å²) in [7, 11) is 0. The SMILES string of the molecule is CCC1CCCc2c1nc1c(Cl)ccc(Cl)c1c2C(=O)O. The van der Waals surface area contributed by atoms with Gasteiger partial charge in [0.1, 0.15) is 0 Å². The number of benzene rings is 1. The monoisotopic (exact) mass is 323 g/mol. The van der Waals surface area contributed by atoms with Gasteiger partial charge in [-0.1, -0.05) is 30.1 Å². The molecule has 21 heavy (non-hydrogen) atoms. The highest BCUT2D eigenvalue weighted by Crippen LogP contribution is 2.40. The lowest BCUT2D eigenvalue weighted by Crippen LogP contribution is -2.17. The van der Waals surface area contributed by atoms with Crippen LogP contribution in [0.5, 0.6) is 0 Å². The Morgan fingerprint density at radius 2 is 2.10 bits per heavy atom. The number of carboxylic acid groups (broad SMARTS) is 1. The third-order valence-electron chi connectivity index (χ3n) is 4.24. The second-order valence-corrected chi connectivity index (χ2v) is 6.22. The molecule has 1 unspecified atom stereocenters. The van der Waals surface area contributed by atoms with Crippen molar-refractivity contribution in [3.63, 3.8) is 0 Å². The number of rotatable bonds is 2. The summed E-state index contributed by atoms with van der Waals surface area (Å²) in [5, 5.41) is 11.0. The van der Waals surface area contributed by atoms with Gasteiger partial charge in [0.2, 0.25) is 0 Å². The van der Waals surface area contributed by atoms with Crippen LogP contribution in [0.3, 0.4) is 0 Å². The molecule has 0 saturated carbocycles. The van der Waals surface area contributed by atoms with Gasteiger partial charge in [-0.15, -0.1) is 0 Å². The van der Waals surface area contributed by atoms with E-state index in [0.717, 1.165) is 36.9 Å². The number of pyridine rings is 1. The van der Waals surface area contributed by atoms with Gasteiger partial charge in [-0.05, 0) is 43.4 Å². The van der Waals surface area contributed by atoms with Gasteiger partial charge in [-0.25, -0.2) is 4.79 Å². The Bertz CT molecular complexity index is 743. The lowest BCUT2D eigenvalue weighted by atomic mass is 9.82. The van der Waals surface area contributed by atoms with Crippen LogP contribution in [0.2, 0.25) is 10.0 Å². The van der Waals surface area contributed by atoms with Crippen LogP contribution in [-0.4, -0.2) is 16.1 Å². The first-order valence-corrected chi connectivity index (χ1v) is 7.84. The van der Waals surface area contributed by atoms with Crippen molar-refractivity contribution in [1.29, 1.82) is 0 Å². The molecule has 110 valence electrons. The van der Waals surface area contributed by atoms with Gasteiger partial charge < -0.3 is 5.11 Å². The fourth-order valence-electron chi connectivity index (χ4n) is 3.24. The summed E-state index contributed by atoms with van der Waals surface area (Å²) in [4.78, 5) is 16.5. The van der Waals surface area contributed by atoms with Gasteiger partial charge in [0.05, 0.1) is 21.1 Å². The largest absolute Gasteiger partial charge is 0.478 e. The van der Waals surface area contributed by atoms with E-state index in [0.29, 0.717) is 26.9 Å². The highest BCUT2D eigenvalue weighted by atomic mass is 35.5. The molecule has 1 atom stereocenters. The van der Waals surface area contributed by atoms with Gasteiger partial charge in [-0.2, -0.15) is 0 Å². The highest BCUT2D eigenvalue weighted by molar-refractivity contribution is 6.41. The van der Waals surface area contributed by atoms with E-state index in [9.17, 15) is 9.90 Å². The fraction of sp³-hybridized carbons (Fsp3) is 0.375. The molecular formula is C16H15Cl2NO2. The second-order valence-electron chi connectivity index (χ2n) is 5.41. The molecule has 5 heteroatoms. The van der Waals surface area contributed by atoms with E-state index in [1.807, 2.05) is 0 Å². The van der Waals surface area contributed by atoms with Crippen molar-refractivity contribution >= 4 is 40.1 Å². The van der Waals surface area contributed by atoms with Crippen LogP contribution >= 0.6 is 23.2 Å². The van der Waals surface area contributed by atoms with E-state index < -0.39 is 5.97 Å². The van der Waals surface area contributed by atoms with Gasteiger partial charge >= 0.3 is 5.97 Å². The van der Waals surface area contributed by atoms with Crippen LogP contribution in [0.15, 0.2) is 12.1 Å². The van der Waals surface area contributed by atoms with Crippen molar-refractivity contribution in [3.05, 3.63) is 39.0 Å². The summed E-state index contributed by atoms with van der Waals surface area (Å²) < 4.78 is 0. The maximum absolute atomic E-state index is 11.8. The molecule has 1 heterocycles. The predicted octanol–water partition coefficient (Wildman–Crippen LogP) is 5.07. The number of hydrogen-bond acceptors (Lipinski definition) is 2. The third-order valence-corrected chi connectivity index (χ3v) is 4.86. The third kappa shape index (κ3) is 2.29. The van der Waals surface area contributed by atoms with Crippen molar-refractivity contribution in [3.8, 4) is 0 Å². The molecule has 1 N–H and O–H groups in total. The molecular weight excluding hydrogens is 309 g/mol. The van der Waals surface area contributed by atoms with Crippen LogP contribution < -0.4 is 0 Å². The minimum Gasteiger partial charge on any atom is -0.478 e. The summed E-state index contributed by atoms with van der Waals surface area (Å²) in [6.45, 7) is 2.10. The van der Waals surface area contributed by atoms with Crippen molar-refractivity contribution in [2.75, 3.05) is 0 Å². The number of fused-ring (bicyclic) bond motifs is 2. The Kier molecular flexibility index (Phi) is 3.80. The minimum absolute atomic E-state index is 0.278. The van der Waals surface area contributed by atoms with Crippen molar-refractivity contribution in [2.24, 2.45) is 0 Å². The summed E-state index contributed by atoms with van der Waals surface area (Å²) in [5.41, 5.74) is 2.50. The number of carboxylic acids is 1. The minimum atomic E-state index is -0.959. The average molecular weight is 324 g/mol. The highest BCUT2D eigenvalue weighted by Gasteiger charge is 2.28. The zero-order valence-corrected chi connectivity index (χ0v) is 13.1. The number of halogens is 2.